The van der Waals surface area contributed by atoms with Crippen molar-refractivity contribution in [1.82, 2.24) is 0 Å². The summed E-state index contributed by atoms with van der Waals surface area (Å²) in [4.78, 5) is 13.3. The monoisotopic (exact) mass is 383 g/mol. The molecule has 0 amide bonds. The minimum Gasteiger partial charge on any atom is -0.370 e. The Hall–Kier alpha value is -3.40. The molecule has 4 heteroatoms. The van der Waals surface area contributed by atoms with Crippen LogP contribution in [0.2, 0.25) is 0 Å². The maximum Gasteiger partial charge on any atom is 0.150 e. The highest BCUT2D eigenvalue weighted by Gasteiger charge is 2.16. The van der Waals surface area contributed by atoms with Crippen LogP contribution in [0.25, 0.3) is 0 Å². The van der Waals surface area contributed by atoms with Crippen LogP contribution in [0.4, 0.5) is 11.4 Å². The van der Waals surface area contributed by atoms with Gasteiger partial charge in [0.25, 0.3) is 0 Å². The highest BCUT2D eigenvalue weighted by Crippen LogP contribution is 2.28. The molecule has 0 radical (unpaired) electrons. The Morgan fingerprint density at radius 2 is 1.76 bits per heavy atom. The zero-order valence-electron chi connectivity index (χ0n) is 16.7. The van der Waals surface area contributed by atoms with Gasteiger partial charge in [0.1, 0.15) is 6.29 Å². The third kappa shape index (κ3) is 4.54. The van der Waals surface area contributed by atoms with Gasteiger partial charge >= 0.3 is 0 Å². The molecule has 1 heterocycles. The Bertz CT molecular complexity index is 996. The Labute approximate surface area is 172 Å². The summed E-state index contributed by atoms with van der Waals surface area (Å²) in [7, 11) is 2.11. The molecule has 0 saturated heterocycles. The molecule has 3 aromatic rings. The van der Waals surface area contributed by atoms with Crippen LogP contribution < -0.4 is 9.91 Å². The maximum atomic E-state index is 11.0. The molecule has 3 aromatic carbocycles. The van der Waals surface area contributed by atoms with Crippen molar-refractivity contribution in [3.05, 3.63) is 95.1 Å². The van der Waals surface area contributed by atoms with Gasteiger partial charge in [0, 0.05) is 31.4 Å². The first-order chi connectivity index (χ1) is 14.2. The summed E-state index contributed by atoms with van der Waals surface area (Å²) >= 11 is 0. The molecular formula is C25H25N3O. The predicted octanol–water partition coefficient (Wildman–Crippen LogP) is 4.92. The summed E-state index contributed by atoms with van der Waals surface area (Å²) in [5, 5.41) is 6.73. The highest BCUT2D eigenvalue weighted by atomic mass is 16.1. The standard InChI is InChI=1S/C25H25N3O/c1-27(18-21-6-3-2-4-7-21)24-12-9-20(10-13-24)17-26-28-15-5-8-23-16-22(19-29)11-14-25(23)28/h2-4,6-7,9-14,16-17,19H,5,8,15,18H2,1H3/b26-17+. The van der Waals surface area contributed by atoms with Gasteiger partial charge in [0.15, 0.2) is 0 Å². The third-order valence-electron chi connectivity index (χ3n) is 5.28. The molecule has 0 N–H and O–H groups in total. The molecule has 0 aromatic heterocycles. The lowest BCUT2D eigenvalue weighted by Gasteiger charge is -2.27. The summed E-state index contributed by atoms with van der Waals surface area (Å²) < 4.78 is 0. The second-order valence-electron chi connectivity index (χ2n) is 7.41. The lowest BCUT2D eigenvalue weighted by atomic mass is 10.0. The van der Waals surface area contributed by atoms with Crippen molar-refractivity contribution in [3.8, 4) is 0 Å². The van der Waals surface area contributed by atoms with Crippen LogP contribution in [-0.2, 0) is 13.0 Å². The molecule has 0 bridgehead atoms. The average Bonchev–Trinajstić information content (AvgIpc) is 2.78. The van der Waals surface area contributed by atoms with Crippen LogP contribution in [-0.4, -0.2) is 26.1 Å². The number of aldehydes is 1. The van der Waals surface area contributed by atoms with Crippen LogP contribution in [0.3, 0.4) is 0 Å². The van der Waals surface area contributed by atoms with Crippen molar-refractivity contribution in [2.75, 3.05) is 23.5 Å². The molecule has 0 fully saturated rings. The number of hydrogen-bond donors (Lipinski definition) is 0. The van der Waals surface area contributed by atoms with Crippen molar-refractivity contribution in [1.29, 1.82) is 0 Å². The molecule has 4 nitrogen and oxygen atoms in total. The average molecular weight is 383 g/mol. The minimum atomic E-state index is 0.727. The van der Waals surface area contributed by atoms with Gasteiger partial charge in [-0.15, -0.1) is 0 Å². The van der Waals surface area contributed by atoms with Crippen molar-refractivity contribution < 1.29 is 4.79 Å². The molecule has 0 aliphatic carbocycles. The van der Waals surface area contributed by atoms with Crippen molar-refractivity contribution in [3.63, 3.8) is 0 Å². The lowest BCUT2D eigenvalue weighted by molar-refractivity contribution is 0.112. The molecule has 1 aliphatic heterocycles. The van der Waals surface area contributed by atoms with Crippen molar-refractivity contribution in [2.45, 2.75) is 19.4 Å². The quantitative estimate of drug-likeness (QED) is 0.448. The van der Waals surface area contributed by atoms with Crippen molar-refractivity contribution >= 4 is 23.9 Å². The van der Waals surface area contributed by atoms with E-state index in [-0.39, 0.29) is 0 Å². The van der Waals surface area contributed by atoms with Gasteiger partial charge in [-0.1, -0.05) is 42.5 Å². The number of rotatable bonds is 6. The lowest BCUT2D eigenvalue weighted by Crippen LogP contribution is -2.24. The van der Waals surface area contributed by atoms with E-state index < -0.39 is 0 Å². The first-order valence-corrected chi connectivity index (χ1v) is 9.98. The van der Waals surface area contributed by atoms with Crippen molar-refractivity contribution in [2.24, 2.45) is 5.10 Å². The molecule has 0 saturated carbocycles. The van der Waals surface area contributed by atoms with E-state index in [0.29, 0.717) is 0 Å². The molecule has 0 spiro atoms. The van der Waals surface area contributed by atoms with E-state index in [0.717, 1.165) is 49.0 Å². The van der Waals surface area contributed by atoms with Crippen LogP contribution in [0.15, 0.2) is 77.9 Å². The maximum absolute atomic E-state index is 11.0. The van der Waals surface area contributed by atoms with E-state index in [1.54, 1.807) is 0 Å². The summed E-state index contributed by atoms with van der Waals surface area (Å²) in [6.45, 7) is 1.77. The van der Waals surface area contributed by atoms with E-state index in [2.05, 4.69) is 60.5 Å². The normalized spacial score (nSPS) is 13.3. The van der Waals surface area contributed by atoms with Gasteiger partial charge < -0.3 is 4.90 Å². The van der Waals surface area contributed by atoms with Gasteiger partial charge in [0.2, 0.25) is 0 Å². The van der Waals surface area contributed by atoms with Gasteiger partial charge in [-0.3, -0.25) is 9.80 Å². The number of hydrazone groups is 1. The smallest absolute Gasteiger partial charge is 0.150 e. The molecule has 0 unspecified atom stereocenters. The van der Waals surface area contributed by atoms with Gasteiger partial charge in [0.05, 0.1) is 11.9 Å². The summed E-state index contributed by atoms with van der Waals surface area (Å²) in [5.41, 5.74) is 6.55. The van der Waals surface area contributed by atoms with Crippen LogP contribution in [0, 0.1) is 0 Å². The molecule has 4 rings (SSSR count). The number of nitrogens with zero attached hydrogens (tertiary/aromatic N) is 3. The van der Waals surface area contributed by atoms with E-state index in [1.807, 2.05) is 35.5 Å². The topological polar surface area (TPSA) is 35.9 Å². The number of hydrogen-bond acceptors (Lipinski definition) is 4. The first kappa shape index (κ1) is 18.9. The van der Waals surface area contributed by atoms with E-state index in [1.165, 1.54) is 16.8 Å². The second-order valence-corrected chi connectivity index (χ2v) is 7.41. The molecule has 1 aliphatic rings. The molecule has 0 atom stereocenters. The Morgan fingerprint density at radius 3 is 2.52 bits per heavy atom. The summed E-state index contributed by atoms with van der Waals surface area (Å²) in [6, 6.07) is 24.8. The number of aryl methyl sites for hydroxylation is 1. The Kier molecular flexibility index (Phi) is 5.71. The fraction of sp³-hybridized carbons (Fsp3) is 0.200. The van der Waals surface area contributed by atoms with Gasteiger partial charge in [-0.05, 0) is 59.9 Å². The van der Waals surface area contributed by atoms with E-state index >= 15 is 0 Å². The zero-order chi connectivity index (χ0) is 20.1. The van der Waals surface area contributed by atoms with E-state index in [4.69, 9.17) is 5.10 Å². The number of anilines is 2. The molecule has 146 valence electrons. The first-order valence-electron chi connectivity index (χ1n) is 9.98. The predicted molar refractivity (Wildman–Crippen MR) is 120 cm³/mol. The van der Waals surface area contributed by atoms with Crippen LogP contribution in [0.1, 0.15) is 33.5 Å². The number of benzene rings is 3. The Morgan fingerprint density at radius 1 is 1.00 bits per heavy atom. The van der Waals surface area contributed by atoms with Gasteiger partial charge in [-0.2, -0.15) is 5.10 Å². The van der Waals surface area contributed by atoms with Gasteiger partial charge in [-0.25, -0.2) is 0 Å². The highest BCUT2D eigenvalue weighted by molar-refractivity contribution is 5.82. The molecular weight excluding hydrogens is 358 g/mol. The second kappa shape index (κ2) is 8.74. The summed E-state index contributed by atoms with van der Waals surface area (Å²) in [6.07, 6.45) is 4.84. The SMILES string of the molecule is CN(Cc1ccccc1)c1ccc(/C=N/N2CCCc3cc(C=O)ccc32)cc1. The summed E-state index contributed by atoms with van der Waals surface area (Å²) in [5.74, 6) is 0. The Balaban J connectivity index is 1.44. The largest absolute Gasteiger partial charge is 0.370 e. The van der Waals surface area contributed by atoms with Crippen LogP contribution >= 0.6 is 0 Å². The van der Waals surface area contributed by atoms with Crippen LogP contribution in [0.5, 0.6) is 0 Å². The number of fused-ring (bicyclic) bond motifs is 1. The van der Waals surface area contributed by atoms with E-state index in [9.17, 15) is 4.79 Å². The number of carbonyl (C=O) groups excluding carboxylic acids is 1. The third-order valence-corrected chi connectivity index (χ3v) is 5.28. The fourth-order valence-electron chi connectivity index (χ4n) is 3.69. The fourth-order valence-corrected chi connectivity index (χ4v) is 3.69. The zero-order valence-corrected chi connectivity index (χ0v) is 16.7. The minimum absolute atomic E-state index is 0.727. The molecule has 29 heavy (non-hydrogen) atoms. The number of carbonyl (C=O) groups is 1.